The molecule has 0 aliphatic heterocycles. The lowest BCUT2D eigenvalue weighted by Crippen LogP contribution is -2.25. The number of pyridine rings is 4. The molecular formula is C57H62N4. The van der Waals surface area contributed by atoms with Crippen molar-refractivity contribution in [1.29, 1.82) is 0 Å². The summed E-state index contributed by atoms with van der Waals surface area (Å²) < 4.78 is 0. The van der Waals surface area contributed by atoms with Gasteiger partial charge in [-0.15, -0.1) is 0 Å². The average Bonchev–Trinajstić information content (AvgIpc) is 3.53. The van der Waals surface area contributed by atoms with E-state index < -0.39 is 0 Å². The first kappa shape index (κ1) is 40.9. The third kappa shape index (κ3) is 7.84. The summed E-state index contributed by atoms with van der Waals surface area (Å²) >= 11 is 0. The van der Waals surface area contributed by atoms with Crippen LogP contribution >= 0.6 is 0 Å². The third-order valence-electron chi connectivity index (χ3n) is 13.7. The molecule has 8 aromatic rings. The van der Waals surface area contributed by atoms with E-state index >= 15 is 0 Å². The number of unbranched alkanes of at least 4 members (excludes halogenated alkanes) is 10. The third-order valence-corrected chi connectivity index (χ3v) is 13.7. The van der Waals surface area contributed by atoms with Crippen molar-refractivity contribution in [1.82, 2.24) is 19.9 Å². The molecular weight excluding hydrogens is 741 g/mol. The fourth-order valence-electron chi connectivity index (χ4n) is 10.5. The normalized spacial score (nSPS) is 13.1. The van der Waals surface area contributed by atoms with Crippen molar-refractivity contribution in [2.75, 3.05) is 0 Å². The van der Waals surface area contributed by atoms with Gasteiger partial charge in [-0.25, -0.2) is 0 Å². The molecule has 0 amide bonds. The molecule has 0 unspecified atom stereocenters. The molecule has 61 heavy (non-hydrogen) atoms. The summed E-state index contributed by atoms with van der Waals surface area (Å²) in [5.74, 6) is 0. The Bertz CT molecular complexity index is 2710. The van der Waals surface area contributed by atoms with Crippen molar-refractivity contribution in [3.8, 4) is 33.4 Å². The summed E-state index contributed by atoms with van der Waals surface area (Å²) in [6.07, 6.45) is 17.8. The Morgan fingerprint density at radius 3 is 1.16 bits per heavy atom. The van der Waals surface area contributed by atoms with E-state index in [0.29, 0.717) is 0 Å². The van der Waals surface area contributed by atoms with Crippen LogP contribution in [0.25, 0.3) is 77.0 Å². The van der Waals surface area contributed by atoms with Crippen LogP contribution in [0.4, 0.5) is 0 Å². The highest BCUT2D eigenvalue weighted by molar-refractivity contribution is 6.12. The smallest absolute Gasteiger partial charge is 0.0974 e. The monoisotopic (exact) mass is 802 g/mol. The second-order valence-corrected chi connectivity index (χ2v) is 18.2. The minimum absolute atomic E-state index is 0.0908. The van der Waals surface area contributed by atoms with E-state index in [4.69, 9.17) is 19.9 Å². The number of nitrogens with zero attached hydrogens (tertiary/aromatic N) is 4. The Morgan fingerprint density at radius 1 is 0.361 bits per heavy atom. The molecule has 4 aromatic carbocycles. The second-order valence-electron chi connectivity index (χ2n) is 18.2. The number of benzene rings is 4. The lowest BCUT2D eigenvalue weighted by atomic mass is 9.70. The van der Waals surface area contributed by atoms with Crippen molar-refractivity contribution in [2.45, 2.75) is 137 Å². The summed E-state index contributed by atoms with van der Waals surface area (Å²) in [5.41, 5.74) is 18.8. The van der Waals surface area contributed by atoms with Crippen LogP contribution in [-0.4, -0.2) is 19.9 Å². The molecule has 4 nitrogen and oxygen atoms in total. The minimum atomic E-state index is -0.0908. The van der Waals surface area contributed by atoms with Crippen molar-refractivity contribution in [2.24, 2.45) is 0 Å². The summed E-state index contributed by atoms with van der Waals surface area (Å²) in [4.78, 5) is 20.3. The second kappa shape index (κ2) is 17.5. The molecule has 4 heterocycles. The highest BCUT2D eigenvalue weighted by Gasteiger charge is 2.43. The van der Waals surface area contributed by atoms with E-state index in [1.807, 2.05) is 0 Å². The molecule has 9 rings (SSSR count). The lowest BCUT2D eigenvalue weighted by molar-refractivity contribution is 0.398. The molecule has 1 aliphatic rings. The zero-order chi connectivity index (χ0) is 42.1. The van der Waals surface area contributed by atoms with Gasteiger partial charge >= 0.3 is 0 Å². The van der Waals surface area contributed by atoms with Crippen LogP contribution in [0.3, 0.4) is 0 Å². The first-order valence-electron chi connectivity index (χ1n) is 23.4. The summed E-state index contributed by atoms with van der Waals surface area (Å²) in [6.45, 7) is 13.0. The molecule has 1 aliphatic carbocycles. The quantitative estimate of drug-likeness (QED) is 0.0721. The Labute approximate surface area is 363 Å². The van der Waals surface area contributed by atoms with Gasteiger partial charge in [0.15, 0.2) is 0 Å². The maximum absolute atomic E-state index is 5.12. The number of aromatic nitrogens is 4. The van der Waals surface area contributed by atoms with E-state index in [2.05, 4.69) is 139 Å². The zero-order valence-electron chi connectivity index (χ0n) is 37.4. The molecule has 0 saturated carbocycles. The molecule has 0 radical (unpaired) electrons. The van der Waals surface area contributed by atoms with Crippen molar-refractivity contribution in [3.05, 3.63) is 131 Å². The predicted octanol–water partition coefficient (Wildman–Crippen LogP) is 16.2. The molecule has 0 bridgehead atoms. The van der Waals surface area contributed by atoms with Crippen LogP contribution < -0.4 is 0 Å². The van der Waals surface area contributed by atoms with Gasteiger partial charge in [-0.2, -0.15) is 0 Å². The molecule has 4 aromatic heterocycles. The highest BCUT2D eigenvalue weighted by Crippen LogP contribution is 2.56. The summed E-state index contributed by atoms with van der Waals surface area (Å²) in [5, 5.41) is 4.62. The zero-order valence-corrected chi connectivity index (χ0v) is 37.4. The van der Waals surface area contributed by atoms with Crippen molar-refractivity contribution in [3.63, 3.8) is 0 Å². The van der Waals surface area contributed by atoms with Gasteiger partial charge in [-0.05, 0) is 134 Å². The number of hydrogen-bond acceptors (Lipinski definition) is 4. The van der Waals surface area contributed by atoms with E-state index in [-0.39, 0.29) is 5.41 Å². The van der Waals surface area contributed by atoms with Crippen LogP contribution in [0.1, 0.15) is 138 Å². The number of aryl methyl sites for hydroxylation is 4. The Kier molecular flexibility index (Phi) is 11.7. The van der Waals surface area contributed by atoms with Gasteiger partial charge in [0.2, 0.25) is 0 Å². The first-order chi connectivity index (χ1) is 29.8. The van der Waals surface area contributed by atoms with Gasteiger partial charge in [-0.1, -0.05) is 139 Å². The molecule has 310 valence electrons. The predicted molar refractivity (Wildman–Crippen MR) is 260 cm³/mol. The number of fused-ring (bicyclic) bond motifs is 9. The Hall–Kier alpha value is -5.48. The minimum Gasteiger partial charge on any atom is -0.251 e. The number of hydrogen-bond donors (Lipinski definition) is 0. The first-order valence-corrected chi connectivity index (χ1v) is 23.4. The largest absolute Gasteiger partial charge is 0.251 e. The number of rotatable bonds is 16. The molecule has 4 heteroatoms. The highest BCUT2D eigenvalue weighted by atomic mass is 14.8. The molecule has 0 N–H and O–H groups in total. The van der Waals surface area contributed by atoms with E-state index in [9.17, 15) is 0 Å². The fourth-order valence-corrected chi connectivity index (χ4v) is 10.5. The van der Waals surface area contributed by atoms with Crippen molar-refractivity contribution < 1.29 is 0 Å². The van der Waals surface area contributed by atoms with Crippen LogP contribution in [0, 0.1) is 27.7 Å². The van der Waals surface area contributed by atoms with Gasteiger partial charge in [0, 0.05) is 49.7 Å². The molecule has 0 spiro atoms. The molecule has 0 saturated heterocycles. The maximum atomic E-state index is 5.12. The topological polar surface area (TPSA) is 51.6 Å². The maximum Gasteiger partial charge on any atom is 0.0974 e. The Morgan fingerprint density at radius 2 is 0.738 bits per heavy atom. The van der Waals surface area contributed by atoms with Gasteiger partial charge in [0.1, 0.15) is 0 Å². The van der Waals surface area contributed by atoms with Crippen LogP contribution in [-0.2, 0) is 5.41 Å². The lowest BCUT2D eigenvalue weighted by Gasteiger charge is -2.33. The Balaban J connectivity index is 1.23. The van der Waals surface area contributed by atoms with Crippen LogP contribution in [0.2, 0.25) is 0 Å². The summed E-state index contributed by atoms with van der Waals surface area (Å²) in [6, 6.07) is 37.1. The van der Waals surface area contributed by atoms with Gasteiger partial charge < -0.3 is 0 Å². The standard InChI is InChI=1S/C57H62N4/c1-7-9-11-13-15-17-31-57(32-18-16-14-12-10-8-2)51-35-41(49-33-43-23-19-37(3)58-53(43)55-47(49)27-21-39(5)60-55)25-29-45(51)46-30-26-42(36-52(46)57)50-34-44-24-20-38(4)59-54(44)56-48(50)28-22-40(6)61-56/h19-30,33-36H,7-18,31-32H2,1-6H3. The molecule has 0 fully saturated rings. The average molecular weight is 803 g/mol. The van der Waals surface area contributed by atoms with E-state index in [1.165, 1.54) is 132 Å². The molecule has 0 atom stereocenters. The van der Waals surface area contributed by atoms with Gasteiger partial charge in [-0.3, -0.25) is 19.9 Å². The summed E-state index contributed by atoms with van der Waals surface area (Å²) in [7, 11) is 0. The van der Waals surface area contributed by atoms with Crippen LogP contribution in [0.15, 0.2) is 97.1 Å². The van der Waals surface area contributed by atoms with E-state index in [1.54, 1.807) is 0 Å². The fraction of sp³-hybridized carbons (Fsp3) is 0.368. The van der Waals surface area contributed by atoms with Crippen molar-refractivity contribution >= 4 is 43.6 Å². The van der Waals surface area contributed by atoms with Crippen LogP contribution in [0.5, 0.6) is 0 Å². The van der Waals surface area contributed by atoms with Gasteiger partial charge in [0.25, 0.3) is 0 Å². The SMILES string of the molecule is CCCCCCCCC1(CCCCCCCC)c2cc(-c3cc4ccc(C)nc4c4nc(C)ccc34)ccc2-c2ccc(-c3cc4ccc(C)nc4c4nc(C)ccc34)cc21. The van der Waals surface area contributed by atoms with E-state index in [0.717, 1.165) is 68.5 Å². The van der Waals surface area contributed by atoms with Gasteiger partial charge in [0.05, 0.1) is 22.1 Å².